The molecule has 5 atom stereocenters. The van der Waals surface area contributed by atoms with Crippen LogP contribution in [0.25, 0.3) is 0 Å². The number of rotatable bonds is 1. The van der Waals surface area contributed by atoms with Crippen molar-refractivity contribution in [2.24, 2.45) is 0 Å². The van der Waals surface area contributed by atoms with Crippen molar-refractivity contribution in [2.75, 3.05) is 6.61 Å². The maximum Gasteiger partial charge on any atom is 0.184 e. The Kier molecular flexibility index (Phi) is 2.99. The molecule has 1 aliphatic rings. The maximum atomic E-state index is 9.12. The van der Waals surface area contributed by atoms with Gasteiger partial charge in [-0.25, -0.2) is 0 Å². The fraction of sp³-hybridized carbons (Fsp3) is 1.00. The number of aliphatic hydroxyl groups is 5. The molecule has 6 nitrogen and oxygen atoms in total. The molecule has 0 radical (unpaired) electrons. The molecule has 1 rings (SSSR count). The molecule has 1 aliphatic heterocycles. The van der Waals surface area contributed by atoms with Gasteiger partial charge in [0, 0.05) is 0 Å². The molecule has 12 heavy (non-hydrogen) atoms. The molecule has 0 saturated carbocycles. The van der Waals surface area contributed by atoms with Crippen molar-refractivity contribution in [1.82, 2.24) is 0 Å². The Bertz CT molecular complexity index is 146. The summed E-state index contributed by atoms with van der Waals surface area (Å²) in [7, 11) is 0. The van der Waals surface area contributed by atoms with Crippen LogP contribution in [0.2, 0.25) is 0 Å². The molecular weight excluding hydrogens is 168 g/mol. The van der Waals surface area contributed by atoms with E-state index >= 15 is 0 Å². The van der Waals surface area contributed by atoms with E-state index in [1.165, 1.54) is 0 Å². The molecular formula is C6H12O6. The highest BCUT2D eigenvalue weighted by Crippen LogP contribution is 2.18. The Balaban J connectivity index is 2.63. The first kappa shape index (κ1) is 9.85. The molecule has 1 saturated heterocycles. The Labute approximate surface area is 68.6 Å². The van der Waals surface area contributed by atoms with Gasteiger partial charge in [-0.15, -0.1) is 0 Å². The second kappa shape index (κ2) is 3.65. The highest BCUT2D eigenvalue weighted by atomic mass is 16.6. The van der Waals surface area contributed by atoms with Crippen LogP contribution in [0.4, 0.5) is 0 Å². The summed E-state index contributed by atoms with van der Waals surface area (Å²) in [5.41, 5.74) is 0. The third-order valence-corrected chi connectivity index (χ3v) is 1.87. The summed E-state index contributed by atoms with van der Waals surface area (Å²) in [5.74, 6) is 0. The van der Waals surface area contributed by atoms with Gasteiger partial charge < -0.3 is 30.3 Å². The summed E-state index contributed by atoms with van der Waals surface area (Å²) in [6, 6.07) is 0. The van der Waals surface area contributed by atoms with Gasteiger partial charge in [0.1, 0.15) is 24.4 Å². The van der Waals surface area contributed by atoms with E-state index in [0.29, 0.717) is 0 Å². The molecule has 0 spiro atoms. The number of aliphatic hydroxyl groups excluding tert-OH is 5. The molecule has 6 heteroatoms. The Morgan fingerprint density at radius 2 is 1.50 bits per heavy atom. The largest absolute Gasteiger partial charge is 0.394 e. The van der Waals surface area contributed by atoms with Gasteiger partial charge in [-0.05, 0) is 0 Å². The molecule has 0 aromatic rings. The lowest BCUT2D eigenvalue weighted by atomic mass is 10.00. The van der Waals surface area contributed by atoms with Gasteiger partial charge in [0.2, 0.25) is 0 Å². The average molecular weight is 180 g/mol. The summed E-state index contributed by atoms with van der Waals surface area (Å²) in [5, 5.41) is 44.7. The summed E-state index contributed by atoms with van der Waals surface area (Å²) >= 11 is 0. The normalized spacial score (nSPS) is 49.2. The number of hydrogen-bond acceptors (Lipinski definition) is 6. The van der Waals surface area contributed by atoms with Gasteiger partial charge in [0.25, 0.3) is 0 Å². The van der Waals surface area contributed by atoms with Gasteiger partial charge in [-0.1, -0.05) is 0 Å². The van der Waals surface area contributed by atoms with Crippen molar-refractivity contribution in [3.05, 3.63) is 0 Å². The molecule has 72 valence electrons. The highest BCUT2D eigenvalue weighted by molar-refractivity contribution is 4.87. The molecule has 3 unspecified atom stereocenters. The van der Waals surface area contributed by atoms with E-state index < -0.39 is 37.3 Å². The lowest BCUT2D eigenvalue weighted by molar-refractivity contribution is -0.286. The minimum atomic E-state index is -1.57. The Morgan fingerprint density at radius 3 is 2.00 bits per heavy atom. The van der Waals surface area contributed by atoms with Crippen molar-refractivity contribution < 1.29 is 30.3 Å². The minimum absolute atomic E-state index is 0.526. The molecule has 0 amide bonds. The highest BCUT2D eigenvalue weighted by Gasteiger charge is 2.42. The van der Waals surface area contributed by atoms with Crippen LogP contribution in [0, 0.1) is 0 Å². The average Bonchev–Trinajstić information content (AvgIpc) is 2.08. The van der Waals surface area contributed by atoms with Crippen LogP contribution < -0.4 is 0 Å². The number of ether oxygens (including phenoxy) is 1. The number of hydrogen-bond donors (Lipinski definition) is 5. The lowest BCUT2D eigenvalue weighted by Gasteiger charge is -2.37. The SMILES string of the molecule is OCC1O[C@@H](O)C(O)C(O)[C@H]1O. The van der Waals surface area contributed by atoms with E-state index in [9.17, 15) is 0 Å². The zero-order valence-corrected chi connectivity index (χ0v) is 6.24. The predicted molar refractivity (Wildman–Crippen MR) is 36.0 cm³/mol. The quantitative estimate of drug-likeness (QED) is 0.290. The third-order valence-electron chi connectivity index (χ3n) is 1.87. The van der Waals surface area contributed by atoms with Crippen LogP contribution >= 0.6 is 0 Å². The second-order valence-electron chi connectivity index (χ2n) is 2.72. The monoisotopic (exact) mass is 180 g/mol. The topological polar surface area (TPSA) is 110 Å². The van der Waals surface area contributed by atoms with Crippen LogP contribution in [-0.4, -0.2) is 62.8 Å². The molecule has 0 aromatic carbocycles. The van der Waals surface area contributed by atoms with E-state index in [-0.39, 0.29) is 0 Å². The van der Waals surface area contributed by atoms with Gasteiger partial charge in [-0.2, -0.15) is 0 Å². The first-order chi connectivity index (χ1) is 5.57. The van der Waals surface area contributed by atoms with Crippen molar-refractivity contribution in [2.45, 2.75) is 30.7 Å². The van der Waals surface area contributed by atoms with Crippen molar-refractivity contribution in [3.8, 4) is 0 Å². The van der Waals surface area contributed by atoms with Gasteiger partial charge >= 0.3 is 0 Å². The van der Waals surface area contributed by atoms with Gasteiger partial charge in [-0.3, -0.25) is 0 Å². The zero-order valence-electron chi connectivity index (χ0n) is 6.24. The first-order valence-corrected chi connectivity index (χ1v) is 3.56. The predicted octanol–water partition coefficient (Wildman–Crippen LogP) is -3.22. The molecule has 0 bridgehead atoms. The summed E-state index contributed by atoms with van der Waals surface area (Å²) < 4.78 is 4.58. The van der Waals surface area contributed by atoms with Crippen LogP contribution in [0.15, 0.2) is 0 Å². The fourth-order valence-corrected chi connectivity index (χ4v) is 1.08. The Hall–Kier alpha value is -0.240. The molecule has 0 aliphatic carbocycles. The van der Waals surface area contributed by atoms with Crippen molar-refractivity contribution in [1.29, 1.82) is 0 Å². The standard InChI is InChI=1S/C6H12O6/c7-1-2-3(8)4(9)5(10)6(11)12-2/h2-11H,1H2/t2?,3-,4?,5?,6+/m0/s1. The van der Waals surface area contributed by atoms with Crippen molar-refractivity contribution >= 4 is 0 Å². The first-order valence-electron chi connectivity index (χ1n) is 3.56. The fourth-order valence-electron chi connectivity index (χ4n) is 1.08. The van der Waals surface area contributed by atoms with Crippen LogP contribution in [0.1, 0.15) is 0 Å². The lowest BCUT2D eigenvalue weighted by Crippen LogP contribution is -2.58. The van der Waals surface area contributed by atoms with E-state index in [1.807, 2.05) is 0 Å². The smallest absolute Gasteiger partial charge is 0.184 e. The molecule has 0 aromatic heterocycles. The zero-order chi connectivity index (χ0) is 9.30. The summed E-state index contributed by atoms with van der Waals surface area (Å²) in [6.07, 6.45) is -7.04. The Morgan fingerprint density at radius 1 is 0.917 bits per heavy atom. The molecule has 1 fully saturated rings. The summed E-state index contributed by atoms with van der Waals surface area (Å²) in [4.78, 5) is 0. The van der Waals surface area contributed by atoms with Crippen LogP contribution in [-0.2, 0) is 4.74 Å². The van der Waals surface area contributed by atoms with Gasteiger partial charge in [0.05, 0.1) is 6.61 Å². The van der Waals surface area contributed by atoms with E-state index in [0.717, 1.165) is 0 Å². The van der Waals surface area contributed by atoms with E-state index in [2.05, 4.69) is 4.74 Å². The van der Waals surface area contributed by atoms with Crippen LogP contribution in [0.3, 0.4) is 0 Å². The van der Waals surface area contributed by atoms with Crippen molar-refractivity contribution in [3.63, 3.8) is 0 Å². The maximum absolute atomic E-state index is 9.12. The second-order valence-corrected chi connectivity index (χ2v) is 2.72. The molecule has 1 heterocycles. The van der Waals surface area contributed by atoms with Crippen LogP contribution in [0.5, 0.6) is 0 Å². The van der Waals surface area contributed by atoms with E-state index in [4.69, 9.17) is 25.5 Å². The summed E-state index contributed by atoms with van der Waals surface area (Å²) in [6.45, 7) is -0.526. The van der Waals surface area contributed by atoms with Gasteiger partial charge in [0.15, 0.2) is 6.29 Å². The minimum Gasteiger partial charge on any atom is -0.394 e. The third kappa shape index (κ3) is 1.58. The molecule has 5 N–H and O–H groups in total. The van der Waals surface area contributed by atoms with E-state index in [1.54, 1.807) is 0 Å².